The van der Waals surface area contributed by atoms with Crippen molar-refractivity contribution in [1.29, 1.82) is 0 Å². The third-order valence-electron chi connectivity index (χ3n) is 3.75. The second-order valence-electron chi connectivity index (χ2n) is 5.13. The molecule has 0 saturated heterocycles. The van der Waals surface area contributed by atoms with Crippen LogP contribution in [0.2, 0.25) is 0 Å². The van der Waals surface area contributed by atoms with Crippen molar-refractivity contribution in [1.82, 2.24) is 0 Å². The van der Waals surface area contributed by atoms with Gasteiger partial charge >= 0.3 is 11.4 Å². The summed E-state index contributed by atoms with van der Waals surface area (Å²) in [4.78, 5) is 56.4. The number of nitro groups is 3. The highest BCUT2D eigenvalue weighted by Crippen LogP contribution is 2.43. The van der Waals surface area contributed by atoms with E-state index in [1.807, 2.05) is 0 Å². The van der Waals surface area contributed by atoms with Crippen molar-refractivity contribution >= 4 is 28.6 Å². The summed E-state index contributed by atoms with van der Waals surface area (Å²) in [6.07, 6.45) is 0. The van der Waals surface area contributed by atoms with Gasteiger partial charge in [-0.15, -0.1) is 0 Å². The van der Waals surface area contributed by atoms with Gasteiger partial charge in [-0.1, -0.05) is 29.7 Å². The Morgan fingerprint density at radius 1 is 0.808 bits per heavy atom. The van der Waals surface area contributed by atoms with Crippen LogP contribution in [0.5, 0.6) is 0 Å². The minimum atomic E-state index is -1.23. The van der Waals surface area contributed by atoms with Crippen molar-refractivity contribution in [2.24, 2.45) is 0 Å². The molecule has 0 saturated carbocycles. The molecule has 130 valence electrons. The first kappa shape index (κ1) is 16.6. The monoisotopic (exact) mass is 358 g/mol. The first-order valence-electron chi connectivity index (χ1n) is 6.83. The van der Waals surface area contributed by atoms with E-state index in [0.717, 1.165) is 0 Å². The van der Waals surface area contributed by atoms with E-state index in [1.54, 1.807) is 0 Å². The standard InChI is InChI=1S/C14H6N4O8/c19-13-6-3-1-2-4-7(6)14(20)10-8(13)5-9(16(21)22)11(15-18(25)26)12(10)17(23)24/h1-5,15H. The number of hydrogen-bond donors (Lipinski definition) is 1. The summed E-state index contributed by atoms with van der Waals surface area (Å²) < 4.78 is 0. The molecule has 3 rings (SSSR count). The van der Waals surface area contributed by atoms with Crippen molar-refractivity contribution < 1.29 is 24.5 Å². The summed E-state index contributed by atoms with van der Waals surface area (Å²) >= 11 is 0. The lowest BCUT2D eigenvalue weighted by molar-refractivity contribution is -0.449. The summed E-state index contributed by atoms with van der Waals surface area (Å²) in [6, 6.07) is 6.09. The van der Waals surface area contributed by atoms with Gasteiger partial charge in [0.05, 0.1) is 9.85 Å². The Hall–Kier alpha value is -4.22. The van der Waals surface area contributed by atoms with E-state index >= 15 is 0 Å². The first-order chi connectivity index (χ1) is 12.2. The number of nitro benzene ring substituents is 2. The number of fused-ring (bicyclic) bond motifs is 2. The molecule has 12 heteroatoms. The van der Waals surface area contributed by atoms with E-state index in [2.05, 4.69) is 0 Å². The molecule has 0 radical (unpaired) electrons. The van der Waals surface area contributed by atoms with Crippen LogP contribution >= 0.6 is 0 Å². The van der Waals surface area contributed by atoms with Gasteiger partial charge in [0.15, 0.2) is 10.8 Å². The van der Waals surface area contributed by atoms with Crippen LogP contribution in [0.25, 0.3) is 0 Å². The largest absolute Gasteiger partial charge is 0.317 e. The fourth-order valence-corrected chi connectivity index (χ4v) is 2.75. The molecule has 1 aliphatic rings. The molecule has 26 heavy (non-hydrogen) atoms. The fourth-order valence-electron chi connectivity index (χ4n) is 2.75. The Kier molecular flexibility index (Phi) is 3.64. The van der Waals surface area contributed by atoms with Crippen molar-refractivity contribution in [3.05, 3.63) is 82.9 Å². The number of carbonyl (C=O) groups is 2. The van der Waals surface area contributed by atoms with E-state index < -0.39 is 54.6 Å². The lowest BCUT2D eigenvalue weighted by atomic mass is 9.82. The maximum atomic E-state index is 12.7. The average molecular weight is 358 g/mol. The zero-order valence-electron chi connectivity index (χ0n) is 12.5. The lowest BCUT2D eigenvalue weighted by Gasteiger charge is -2.17. The molecule has 2 aromatic carbocycles. The maximum absolute atomic E-state index is 12.7. The molecular formula is C14H6N4O8. The van der Waals surface area contributed by atoms with Crippen LogP contribution in [0, 0.1) is 30.3 Å². The van der Waals surface area contributed by atoms with Gasteiger partial charge in [-0.25, -0.2) is 10.1 Å². The maximum Gasteiger partial charge on any atom is 0.317 e. The number of nitrogens with one attached hydrogen (secondary N) is 1. The molecule has 0 aliphatic heterocycles. The number of benzene rings is 2. The Labute approximate surface area is 142 Å². The first-order valence-corrected chi connectivity index (χ1v) is 6.83. The Morgan fingerprint density at radius 2 is 1.38 bits per heavy atom. The molecule has 0 amide bonds. The molecule has 2 aromatic rings. The number of ketones is 2. The highest BCUT2D eigenvalue weighted by molar-refractivity contribution is 6.30. The van der Waals surface area contributed by atoms with Gasteiger partial charge in [0.25, 0.3) is 5.69 Å². The number of hydrazine groups is 1. The SMILES string of the molecule is O=C1c2ccccc2C(=O)c2c1cc([N+](=O)[O-])c(N[N+](=O)[O-])c2[N+](=O)[O-]. The van der Waals surface area contributed by atoms with Crippen molar-refractivity contribution in [3.8, 4) is 0 Å². The summed E-state index contributed by atoms with van der Waals surface area (Å²) in [5.41, 5.74) is -3.43. The van der Waals surface area contributed by atoms with E-state index in [9.17, 15) is 39.9 Å². The molecule has 0 aromatic heterocycles. The zero-order chi connectivity index (χ0) is 19.2. The van der Waals surface area contributed by atoms with Crippen LogP contribution in [-0.2, 0) is 0 Å². The van der Waals surface area contributed by atoms with Crippen LogP contribution in [0.4, 0.5) is 17.1 Å². The van der Waals surface area contributed by atoms with E-state index in [-0.39, 0.29) is 11.1 Å². The summed E-state index contributed by atoms with van der Waals surface area (Å²) in [6.45, 7) is 0. The number of carbonyl (C=O) groups excluding carboxylic acids is 2. The van der Waals surface area contributed by atoms with E-state index in [0.29, 0.717) is 6.07 Å². The minimum absolute atomic E-state index is 0.0661. The van der Waals surface area contributed by atoms with Gasteiger partial charge in [-0.3, -0.25) is 29.8 Å². The van der Waals surface area contributed by atoms with Gasteiger partial charge in [-0.05, 0) is 0 Å². The Morgan fingerprint density at radius 3 is 1.88 bits per heavy atom. The topological polar surface area (TPSA) is 176 Å². The molecule has 0 heterocycles. The highest BCUT2D eigenvalue weighted by Gasteiger charge is 2.42. The second kappa shape index (κ2) is 5.70. The quantitative estimate of drug-likeness (QED) is 0.538. The number of anilines is 1. The van der Waals surface area contributed by atoms with Gasteiger partial charge < -0.3 is 0 Å². The van der Waals surface area contributed by atoms with Crippen LogP contribution in [-0.4, -0.2) is 26.4 Å². The van der Waals surface area contributed by atoms with Gasteiger partial charge in [-0.2, -0.15) is 0 Å². The fraction of sp³-hybridized carbons (Fsp3) is 0. The molecule has 0 bridgehead atoms. The van der Waals surface area contributed by atoms with Crippen LogP contribution < -0.4 is 5.43 Å². The van der Waals surface area contributed by atoms with Crippen LogP contribution in [0.1, 0.15) is 31.8 Å². The van der Waals surface area contributed by atoms with Crippen molar-refractivity contribution in [3.63, 3.8) is 0 Å². The van der Waals surface area contributed by atoms with Crippen molar-refractivity contribution in [2.75, 3.05) is 5.43 Å². The van der Waals surface area contributed by atoms with Gasteiger partial charge in [0.1, 0.15) is 5.56 Å². The zero-order valence-corrected chi connectivity index (χ0v) is 12.5. The summed E-state index contributed by atoms with van der Waals surface area (Å²) in [7, 11) is 0. The van der Waals surface area contributed by atoms with Gasteiger partial charge in [0.2, 0.25) is 5.78 Å². The molecular weight excluding hydrogens is 352 g/mol. The predicted octanol–water partition coefficient (Wildman–Crippen LogP) is 1.88. The molecule has 1 N–H and O–H groups in total. The summed E-state index contributed by atoms with van der Waals surface area (Å²) in [5.74, 6) is -1.75. The third-order valence-corrected chi connectivity index (χ3v) is 3.75. The molecule has 0 spiro atoms. The van der Waals surface area contributed by atoms with Crippen molar-refractivity contribution in [2.45, 2.75) is 0 Å². The molecule has 1 aliphatic carbocycles. The average Bonchev–Trinajstić information content (AvgIpc) is 2.58. The minimum Gasteiger partial charge on any atom is -0.289 e. The van der Waals surface area contributed by atoms with Gasteiger partial charge in [0, 0.05) is 22.8 Å². The molecule has 0 atom stereocenters. The molecule has 0 unspecified atom stereocenters. The highest BCUT2D eigenvalue weighted by atomic mass is 16.7. The normalized spacial score (nSPS) is 12.2. The predicted molar refractivity (Wildman–Crippen MR) is 83.7 cm³/mol. The smallest absolute Gasteiger partial charge is 0.289 e. The van der Waals surface area contributed by atoms with Crippen LogP contribution in [0.3, 0.4) is 0 Å². The lowest BCUT2D eigenvalue weighted by Crippen LogP contribution is -2.24. The van der Waals surface area contributed by atoms with Crippen LogP contribution in [0.15, 0.2) is 30.3 Å². The second-order valence-corrected chi connectivity index (χ2v) is 5.13. The number of rotatable bonds is 4. The molecule has 0 fully saturated rings. The Bertz CT molecular complexity index is 1050. The van der Waals surface area contributed by atoms with E-state index in [1.165, 1.54) is 29.7 Å². The number of hydrogen-bond acceptors (Lipinski definition) is 8. The molecule has 12 nitrogen and oxygen atoms in total. The number of nitrogens with zero attached hydrogens (tertiary/aromatic N) is 3. The van der Waals surface area contributed by atoms with E-state index in [4.69, 9.17) is 0 Å². The third kappa shape index (κ3) is 2.32. The summed E-state index contributed by atoms with van der Waals surface area (Å²) in [5, 5.41) is 32.2. The Balaban J connectivity index is 2.45.